The normalized spacial score (nSPS) is 21.1. The van der Waals surface area contributed by atoms with Gasteiger partial charge in [-0.1, -0.05) is 6.92 Å². The van der Waals surface area contributed by atoms with Gasteiger partial charge >= 0.3 is 6.18 Å². The minimum Gasteiger partial charge on any atom is -0.490 e. The fourth-order valence-electron chi connectivity index (χ4n) is 4.99. The van der Waals surface area contributed by atoms with Crippen LogP contribution in [-0.2, 0) is 26.6 Å². The number of alkyl halides is 3. The highest BCUT2D eigenvalue weighted by Crippen LogP contribution is 2.29. The van der Waals surface area contributed by atoms with Crippen LogP contribution in [0, 0.1) is 5.92 Å². The van der Waals surface area contributed by atoms with E-state index in [0.717, 1.165) is 0 Å². The van der Waals surface area contributed by atoms with Crippen molar-refractivity contribution in [3.05, 3.63) is 36.3 Å². The lowest BCUT2D eigenvalue weighted by Gasteiger charge is -2.36. The molecule has 2 aromatic rings. The Kier molecular flexibility index (Phi) is 12.9. The number of anilines is 1. The number of hydrogen-bond donors (Lipinski definition) is 2. The van der Waals surface area contributed by atoms with Gasteiger partial charge in [0.1, 0.15) is 5.75 Å². The van der Waals surface area contributed by atoms with Gasteiger partial charge in [0.25, 0.3) is 15.9 Å². The molecule has 258 valence electrons. The zero-order valence-corrected chi connectivity index (χ0v) is 27.6. The van der Waals surface area contributed by atoms with Crippen molar-refractivity contribution < 1.29 is 45.8 Å². The van der Waals surface area contributed by atoms with E-state index in [1.54, 1.807) is 20.9 Å². The van der Waals surface area contributed by atoms with Crippen LogP contribution in [0.2, 0.25) is 0 Å². The van der Waals surface area contributed by atoms with Crippen LogP contribution in [0.3, 0.4) is 0 Å². The van der Waals surface area contributed by atoms with Crippen LogP contribution in [0.25, 0.3) is 0 Å². The fourth-order valence-corrected chi connectivity index (χ4v) is 6.03. The number of halogens is 3. The summed E-state index contributed by atoms with van der Waals surface area (Å²) in [6.07, 6.45) is -2.67. The third kappa shape index (κ3) is 10.6. The molecule has 0 fully saturated rings. The summed E-state index contributed by atoms with van der Waals surface area (Å²) < 4.78 is 80.4. The van der Waals surface area contributed by atoms with Crippen molar-refractivity contribution in [1.82, 2.24) is 19.4 Å². The second-order valence-corrected chi connectivity index (χ2v) is 13.5. The molecular formula is C30H44F3N5O7S. The number of aliphatic hydroxyl groups is 1. The first kappa shape index (κ1) is 37.1. The van der Waals surface area contributed by atoms with E-state index < -0.39 is 65.5 Å². The van der Waals surface area contributed by atoms with Gasteiger partial charge in [-0.2, -0.15) is 21.6 Å². The number of aryl methyl sites for hydroxylation is 1. The van der Waals surface area contributed by atoms with Crippen LogP contribution in [0.4, 0.5) is 18.9 Å². The standard InChI is InChI=1S/C30H44F3N5O7S/c1-20-15-38(21(2)18-39)29(41)24-14-23(35-46(42,43)27-17-36(4)19-34-27)9-10-25(24)45-22(3)8-6-7-13-44-26(20)16-37(5)28(40)11-12-30(31,32)33/h9-10,14,17,19-22,26,35,39H,6-8,11-13,15-16,18H2,1-5H3/t20-,21+,22+,26-/m1/s1. The Bertz CT molecular complexity index is 1440. The number of amides is 2. The molecule has 0 saturated heterocycles. The number of carbonyl (C=O) groups excluding carboxylic acids is 2. The zero-order valence-electron chi connectivity index (χ0n) is 26.8. The molecule has 2 amide bonds. The van der Waals surface area contributed by atoms with E-state index in [9.17, 15) is 36.3 Å². The summed E-state index contributed by atoms with van der Waals surface area (Å²) >= 11 is 0. The van der Waals surface area contributed by atoms with Crippen molar-refractivity contribution in [3.8, 4) is 5.75 Å². The number of fused-ring (bicyclic) bond motifs is 1. The van der Waals surface area contributed by atoms with Crippen molar-refractivity contribution in [1.29, 1.82) is 0 Å². The van der Waals surface area contributed by atoms with Gasteiger partial charge in [-0.05, 0) is 51.3 Å². The minimum absolute atomic E-state index is 0.00292. The molecule has 3 rings (SSSR count). The summed E-state index contributed by atoms with van der Waals surface area (Å²) in [6.45, 7) is 5.28. The van der Waals surface area contributed by atoms with E-state index in [4.69, 9.17) is 9.47 Å². The first-order chi connectivity index (χ1) is 21.5. The number of imidazole rings is 1. The Balaban J connectivity index is 1.95. The molecule has 1 aromatic heterocycles. The molecule has 0 radical (unpaired) electrons. The number of rotatable bonds is 9. The Labute approximate surface area is 267 Å². The predicted molar refractivity (Wildman–Crippen MR) is 164 cm³/mol. The van der Waals surface area contributed by atoms with E-state index in [0.29, 0.717) is 25.9 Å². The summed E-state index contributed by atoms with van der Waals surface area (Å²) in [5.74, 6) is -1.40. The third-order valence-corrected chi connectivity index (χ3v) is 9.03. The van der Waals surface area contributed by atoms with Crippen LogP contribution in [0.5, 0.6) is 5.75 Å². The maximum atomic E-state index is 14.2. The number of hydrogen-bond acceptors (Lipinski definition) is 8. The van der Waals surface area contributed by atoms with E-state index in [-0.39, 0.29) is 41.2 Å². The summed E-state index contributed by atoms with van der Waals surface area (Å²) in [5, 5.41) is 9.89. The molecule has 4 atom stereocenters. The van der Waals surface area contributed by atoms with Crippen LogP contribution in [0.15, 0.2) is 35.7 Å². The number of sulfonamides is 1. The van der Waals surface area contributed by atoms with Gasteiger partial charge in [0, 0.05) is 58.0 Å². The maximum Gasteiger partial charge on any atom is 0.389 e. The monoisotopic (exact) mass is 675 g/mol. The van der Waals surface area contributed by atoms with E-state index >= 15 is 0 Å². The van der Waals surface area contributed by atoms with Crippen molar-refractivity contribution >= 4 is 27.5 Å². The SMILES string of the molecule is C[C@@H]1CN([C@@H](C)CO)C(=O)c2cc(NS(=O)(=O)c3cn(C)cn3)ccc2O[C@@H](C)CCCCO[C@@H]1CN(C)C(=O)CCC(F)(F)F. The van der Waals surface area contributed by atoms with Crippen molar-refractivity contribution in [2.45, 2.75) is 82.3 Å². The van der Waals surface area contributed by atoms with E-state index in [1.165, 1.54) is 52.1 Å². The second kappa shape index (κ2) is 16.0. The smallest absolute Gasteiger partial charge is 0.389 e. The third-order valence-electron chi connectivity index (χ3n) is 7.76. The van der Waals surface area contributed by atoms with Crippen LogP contribution in [-0.4, -0.2) is 102 Å². The number of benzene rings is 1. The highest BCUT2D eigenvalue weighted by atomic mass is 32.2. The Morgan fingerprint density at radius 1 is 1.26 bits per heavy atom. The lowest BCUT2D eigenvalue weighted by Crippen LogP contribution is -2.48. The quantitative estimate of drug-likeness (QED) is 0.409. The Morgan fingerprint density at radius 3 is 2.61 bits per heavy atom. The second-order valence-electron chi connectivity index (χ2n) is 11.9. The van der Waals surface area contributed by atoms with E-state index in [1.807, 2.05) is 6.92 Å². The van der Waals surface area contributed by atoms with E-state index in [2.05, 4.69) is 9.71 Å². The molecule has 2 N–H and O–H groups in total. The molecule has 0 bridgehead atoms. The Morgan fingerprint density at radius 2 is 1.98 bits per heavy atom. The molecule has 1 aliphatic rings. The average Bonchev–Trinajstić information content (AvgIpc) is 3.44. The van der Waals surface area contributed by atoms with Crippen LogP contribution < -0.4 is 9.46 Å². The number of carbonyl (C=O) groups is 2. The molecular weight excluding hydrogens is 631 g/mol. The van der Waals surface area contributed by atoms with Crippen molar-refractivity contribution in [2.24, 2.45) is 13.0 Å². The largest absolute Gasteiger partial charge is 0.490 e. The molecule has 0 aliphatic carbocycles. The Hall–Kier alpha value is -3.37. The molecule has 46 heavy (non-hydrogen) atoms. The summed E-state index contributed by atoms with van der Waals surface area (Å²) in [7, 11) is -1.03. The molecule has 2 heterocycles. The van der Waals surface area contributed by atoms with Gasteiger partial charge in [-0.3, -0.25) is 14.3 Å². The highest BCUT2D eigenvalue weighted by molar-refractivity contribution is 7.92. The lowest BCUT2D eigenvalue weighted by molar-refractivity contribution is -0.149. The highest BCUT2D eigenvalue weighted by Gasteiger charge is 2.33. The summed E-state index contributed by atoms with van der Waals surface area (Å²) in [4.78, 5) is 33.2. The molecule has 12 nitrogen and oxygen atoms in total. The van der Waals surface area contributed by atoms with Gasteiger partial charge in [-0.15, -0.1) is 0 Å². The number of nitrogens with zero attached hydrogens (tertiary/aromatic N) is 4. The first-order valence-corrected chi connectivity index (χ1v) is 16.6. The van der Waals surface area contributed by atoms with Gasteiger partial charge in [0.2, 0.25) is 5.91 Å². The zero-order chi connectivity index (χ0) is 34.2. The molecule has 1 aliphatic heterocycles. The number of ether oxygens (including phenoxy) is 2. The number of aliphatic hydroxyl groups excluding tert-OH is 1. The first-order valence-electron chi connectivity index (χ1n) is 15.2. The summed E-state index contributed by atoms with van der Waals surface area (Å²) in [6, 6.07) is 3.69. The molecule has 1 aromatic carbocycles. The fraction of sp³-hybridized carbons (Fsp3) is 0.633. The van der Waals surface area contributed by atoms with Gasteiger partial charge in [-0.25, -0.2) is 4.98 Å². The predicted octanol–water partition coefficient (Wildman–Crippen LogP) is 3.82. The van der Waals surface area contributed by atoms with Crippen LogP contribution >= 0.6 is 0 Å². The molecule has 0 spiro atoms. The van der Waals surface area contributed by atoms with Crippen LogP contribution in [0.1, 0.15) is 63.2 Å². The molecule has 0 unspecified atom stereocenters. The average molecular weight is 676 g/mol. The van der Waals surface area contributed by atoms with Gasteiger partial charge in [0.15, 0.2) is 5.03 Å². The topological polar surface area (TPSA) is 143 Å². The molecule has 0 saturated carbocycles. The van der Waals surface area contributed by atoms with Crippen molar-refractivity contribution in [3.63, 3.8) is 0 Å². The lowest BCUT2D eigenvalue weighted by atomic mass is 10.0. The maximum absolute atomic E-state index is 14.2. The molecule has 16 heteroatoms. The van der Waals surface area contributed by atoms with Gasteiger partial charge < -0.3 is 28.9 Å². The number of nitrogens with one attached hydrogen (secondary N) is 1. The van der Waals surface area contributed by atoms with Gasteiger partial charge in [0.05, 0.1) is 43.2 Å². The van der Waals surface area contributed by atoms with Crippen molar-refractivity contribution in [2.75, 3.05) is 38.1 Å². The minimum atomic E-state index is -4.46. The number of likely N-dealkylation sites (N-methyl/N-ethyl adjacent to an activating group) is 1. The number of aromatic nitrogens is 2. The summed E-state index contributed by atoms with van der Waals surface area (Å²) in [5.41, 5.74) is 0.162.